The van der Waals surface area contributed by atoms with Gasteiger partial charge < -0.3 is 0 Å². The zero-order valence-electron chi connectivity index (χ0n) is 17.9. The number of rotatable bonds is 1. The Morgan fingerprint density at radius 3 is 1.61 bits per heavy atom. The quantitative estimate of drug-likeness (QED) is 0.658. The van der Waals surface area contributed by atoms with E-state index in [1.165, 1.54) is 9.80 Å². The van der Waals surface area contributed by atoms with Crippen molar-refractivity contribution < 1.29 is 19.2 Å². The summed E-state index contributed by atoms with van der Waals surface area (Å²) in [6.07, 6.45) is 7.68. The normalized spacial score (nSPS) is 27.1. The highest BCUT2D eigenvalue weighted by molar-refractivity contribution is 6.25. The molecule has 0 spiro atoms. The number of allylic oxidation sites excluding steroid dienone is 2. The maximum absolute atomic E-state index is 13.1. The molecular weight excluding hydrogens is 392 g/mol. The van der Waals surface area contributed by atoms with E-state index < -0.39 is 5.54 Å². The third kappa shape index (κ3) is 2.28. The first kappa shape index (κ1) is 18.7. The summed E-state index contributed by atoms with van der Waals surface area (Å²) in [5.74, 6) is -0.962. The summed E-state index contributed by atoms with van der Waals surface area (Å²) in [7, 11) is 0. The number of carbonyl (C=O) groups is 4. The third-order valence-corrected chi connectivity index (χ3v) is 7.44. The highest BCUT2D eigenvalue weighted by Gasteiger charge is 2.50. The van der Waals surface area contributed by atoms with Gasteiger partial charge in [0.05, 0.1) is 11.1 Å². The average molecular weight is 416 g/mol. The van der Waals surface area contributed by atoms with Crippen molar-refractivity contribution in [2.24, 2.45) is 0 Å². The molecule has 1 aromatic carbocycles. The van der Waals surface area contributed by atoms with Crippen LogP contribution in [0.5, 0.6) is 0 Å². The molecule has 1 saturated carbocycles. The van der Waals surface area contributed by atoms with E-state index in [-0.39, 0.29) is 41.5 Å². The number of amides is 4. The molecule has 4 amide bonds. The topological polar surface area (TPSA) is 74.8 Å². The standard InChI is InChI=1S/C25H24N2O4/c1-25(2,3)27-23(30)19-10-15-13-8-17-18(9-14(13)16(15)11-20(19)24(27)31)22(29)26(21(17)28)12-6-4-5-7-12/h8-14H,4-7H2,1-3H3. The monoisotopic (exact) mass is 416 g/mol. The highest BCUT2D eigenvalue weighted by Crippen LogP contribution is 2.55. The summed E-state index contributed by atoms with van der Waals surface area (Å²) < 4.78 is 0. The fourth-order valence-electron chi connectivity index (χ4n) is 5.94. The van der Waals surface area contributed by atoms with Crippen LogP contribution in [0.1, 0.15) is 90.1 Å². The van der Waals surface area contributed by atoms with E-state index in [4.69, 9.17) is 0 Å². The molecule has 2 atom stereocenters. The molecule has 0 radical (unpaired) electrons. The van der Waals surface area contributed by atoms with Crippen LogP contribution in [0, 0.1) is 0 Å². The van der Waals surface area contributed by atoms with Crippen LogP contribution < -0.4 is 0 Å². The van der Waals surface area contributed by atoms with E-state index in [1.54, 1.807) is 0 Å². The molecule has 1 aromatic rings. The lowest BCUT2D eigenvalue weighted by Gasteiger charge is -2.39. The summed E-state index contributed by atoms with van der Waals surface area (Å²) in [6.45, 7) is 5.54. The third-order valence-electron chi connectivity index (χ3n) is 7.44. The van der Waals surface area contributed by atoms with E-state index in [0.29, 0.717) is 22.3 Å². The molecule has 1 saturated heterocycles. The van der Waals surface area contributed by atoms with Gasteiger partial charge >= 0.3 is 0 Å². The van der Waals surface area contributed by atoms with Crippen molar-refractivity contribution in [1.82, 2.24) is 9.80 Å². The summed E-state index contributed by atoms with van der Waals surface area (Å²) in [5.41, 5.74) is 3.23. The highest BCUT2D eigenvalue weighted by atomic mass is 16.2. The smallest absolute Gasteiger partial charge is 0.262 e. The Labute approximate surface area is 180 Å². The van der Waals surface area contributed by atoms with Gasteiger partial charge in [0.1, 0.15) is 0 Å². The number of likely N-dealkylation sites (tertiary alicyclic amines) is 1. The average Bonchev–Trinajstić information content (AvgIpc) is 3.36. The number of benzene rings is 1. The lowest BCUT2D eigenvalue weighted by atomic mass is 9.63. The molecule has 0 bridgehead atoms. The molecule has 6 nitrogen and oxygen atoms in total. The number of nitrogens with zero attached hydrogens (tertiary/aromatic N) is 2. The van der Waals surface area contributed by atoms with Crippen molar-refractivity contribution in [3.05, 3.63) is 57.7 Å². The van der Waals surface area contributed by atoms with E-state index in [1.807, 2.05) is 45.1 Å². The van der Waals surface area contributed by atoms with Crippen LogP contribution in [0.2, 0.25) is 0 Å². The first-order valence-corrected chi connectivity index (χ1v) is 11.1. The predicted molar refractivity (Wildman–Crippen MR) is 112 cm³/mol. The summed E-state index contributed by atoms with van der Waals surface area (Å²) >= 11 is 0. The van der Waals surface area contributed by atoms with Gasteiger partial charge in [-0.3, -0.25) is 29.0 Å². The summed E-state index contributed by atoms with van der Waals surface area (Å²) in [5, 5.41) is 0. The van der Waals surface area contributed by atoms with Crippen LogP contribution >= 0.6 is 0 Å². The lowest BCUT2D eigenvalue weighted by Crippen LogP contribution is -2.45. The second-order valence-electron chi connectivity index (χ2n) is 10.3. The Bertz CT molecular complexity index is 1100. The van der Waals surface area contributed by atoms with Crippen molar-refractivity contribution in [2.75, 3.05) is 0 Å². The molecule has 0 aromatic heterocycles. The molecule has 3 aliphatic carbocycles. The number of imide groups is 2. The number of carbonyl (C=O) groups excluding carboxylic acids is 4. The minimum absolute atomic E-state index is 0.00912. The van der Waals surface area contributed by atoms with E-state index in [0.717, 1.165) is 36.8 Å². The molecule has 2 fully saturated rings. The van der Waals surface area contributed by atoms with E-state index in [9.17, 15) is 19.2 Å². The molecule has 2 aliphatic heterocycles. The second kappa shape index (κ2) is 5.81. The van der Waals surface area contributed by atoms with Crippen molar-refractivity contribution >= 4 is 23.6 Å². The van der Waals surface area contributed by atoms with Gasteiger partial charge in [0.25, 0.3) is 23.6 Å². The Hall–Kier alpha value is -3.02. The Morgan fingerprint density at radius 1 is 0.742 bits per heavy atom. The maximum Gasteiger partial charge on any atom is 0.262 e. The van der Waals surface area contributed by atoms with Crippen LogP contribution in [-0.4, -0.2) is 45.0 Å². The SMILES string of the molecule is CC(C)(C)N1C(=O)c2cc3c(cc2C1=O)C1C=C2C(=O)N(C4CCCC4)C(=O)C2=CC31. The van der Waals surface area contributed by atoms with Gasteiger partial charge in [-0.2, -0.15) is 0 Å². The predicted octanol–water partition coefficient (Wildman–Crippen LogP) is 3.44. The fraction of sp³-hybridized carbons (Fsp3) is 0.440. The summed E-state index contributed by atoms with van der Waals surface area (Å²) in [4.78, 5) is 54.8. The van der Waals surface area contributed by atoms with Crippen molar-refractivity contribution in [3.8, 4) is 0 Å². The first-order valence-electron chi connectivity index (χ1n) is 11.1. The molecule has 158 valence electrons. The molecule has 6 heteroatoms. The van der Waals surface area contributed by atoms with E-state index >= 15 is 0 Å². The van der Waals surface area contributed by atoms with Crippen molar-refractivity contribution in [3.63, 3.8) is 0 Å². The Balaban J connectivity index is 1.40. The minimum Gasteiger partial charge on any atom is -0.271 e. The van der Waals surface area contributed by atoms with Gasteiger partial charge in [0, 0.05) is 34.6 Å². The van der Waals surface area contributed by atoms with Gasteiger partial charge in [0.2, 0.25) is 0 Å². The maximum atomic E-state index is 13.1. The second-order valence-corrected chi connectivity index (χ2v) is 10.3. The van der Waals surface area contributed by atoms with Crippen LogP contribution in [0.25, 0.3) is 0 Å². The minimum atomic E-state index is -0.599. The van der Waals surface area contributed by atoms with E-state index in [2.05, 4.69) is 0 Å². The van der Waals surface area contributed by atoms with Crippen molar-refractivity contribution in [1.29, 1.82) is 0 Å². The molecule has 5 aliphatic rings. The van der Waals surface area contributed by atoms with Gasteiger partial charge in [-0.15, -0.1) is 0 Å². The van der Waals surface area contributed by atoms with Gasteiger partial charge in [-0.25, -0.2) is 0 Å². The van der Waals surface area contributed by atoms with Crippen LogP contribution in [0.3, 0.4) is 0 Å². The Kier molecular flexibility index (Phi) is 3.51. The van der Waals surface area contributed by atoms with Crippen molar-refractivity contribution in [2.45, 2.75) is 69.9 Å². The van der Waals surface area contributed by atoms with Crippen LogP contribution in [-0.2, 0) is 9.59 Å². The molecule has 6 rings (SSSR count). The zero-order chi connectivity index (χ0) is 21.8. The summed E-state index contributed by atoms with van der Waals surface area (Å²) in [6, 6.07) is 3.66. The fourth-order valence-corrected chi connectivity index (χ4v) is 5.94. The molecule has 2 unspecified atom stereocenters. The number of hydrogen-bond donors (Lipinski definition) is 0. The van der Waals surface area contributed by atoms with Crippen LogP contribution in [0.15, 0.2) is 35.4 Å². The molecule has 31 heavy (non-hydrogen) atoms. The molecule has 0 N–H and O–H groups in total. The number of fused-ring (bicyclic) bond motifs is 6. The van der Waals surface area contributed by atoms with Gasteiger partial charge in [-0.05, 0) is 56.9 Å². The van der Waals surface area contributed by atoms with Gasteiger partial charge in [-0.1, -0.05) is 25.0 Å². The zero-order valence-corrected chi connectivity index (χ0v) is 17.9. The molecular formula is C25H24N2O4. The Morgan fingerprint density at radius 2 is 1.19 bits per heavy atom. The van der Waals surface area contributed by atoms with Gasteiger partial charge in [0.15, 0.2) is 0 Å². The molecule has 2 heterocycles. The largest absolute Gasteiger partial charge is 0.271 e. The first-order chi connectivity index (χ1) is 14.7. The lowest BCUT2D eigenvalue weighted by molar-refractivity contribution is -0.139. The number of hydrogen-bond acceptors (Lipinski definition) is 4. The van der Waals surface area contributed by atoms with Crippen LogP contribution in [0.4, 0.5) is 0 Å².